The Labute approximate surface area is 122 Å². The molecule has 0 radical (unpaired) electrons. The molecule has 102 valence electrons. The fourth-order valence-corrected chi connectivity index (χ4v) is 2.11. The highest BCUT2D eigenvalue weighted by molar-refractivity contribution is 14.0. The van der Waals surface area contributed by atoms with Gasteiger partial charge in [-0.2, -0.15) is 0 Å². The van der Waals surface area contributed by atoms with Crippen LogP contribution in [-0.2, 0) is 0 Å². The molecule has 0 aromatic rings. The monoisotopic (exact) mass is 354 g/mol. The summed E-state index contributed by atoms with van der Waals surface area (Å²) in [5, 5.41) is 3.17. The first kappa shape index (κ1) is 17.0. The molecule has 1 rings (SSSR count). The second kappa shape index (κ2) is 9.94. The molecule has 17 heavy (non-hydrogen) atoms. The van der Waals surface area contributed by atoms with Crippen molar-refractivity contribution in [3.8, 4) is 0 Å². The fraction of sp³-hybridized carbons (Fsp3) is 0.917. The molecular formula is C12H27IN4. The normalized spacial score (nSPS) is 22.0. The van der Waals surface area contributed by atoms with Crippen LogP contribution in [0.1, 0.15) is 39.5 Å². The number of halogens is 1. The molecule has 1 aliphatic rings. The Balaban J connectivity index is 0.00000256. The largest absolute Gasteiger partial charge is 0.370 e. The molecule has 1 heterocycles. The maximum absolute atomic E-state index is 5.73. The summed E-state index contributed by atoms with van der Waals surface area (Å²) >= 11 is 0. The van der Waals surface area contributed by atoms with Crippen LogP contribution in [0.4, 0.5) is 0 Å². The van der Waals surface area contributed by atoms with Crippen molar-refractivity contribution in [3.05, 3.63) is 0 Å². The molecule has 0 amide bonds. The van der Waals surface area contributed by atoms with Crippen LogP contribution in [0, 0.1) is 0 Å². The molecule has 3 N–H and O–H groups in total. The van der Waals surface area contributed by atoms with Crippen LogP contribution >= 0.6 is 24.0 Å². The summed E-state index contributed by atoms with van der Waals surface area (Å²) in [5.41, 5.74) is 5.73. The van der Waals surface area contributed by atoms with Gasteiger partial charge in [-0.25, -0.2) is 0 Å². The van der Waals surface area contributed by atoms with Gasteiger partial charge in [0.1, 0.15) is 0 Å². The summed E-state index contributed by atoms with van der Waals surface area (Å²) in [6, 6.07) is 0.726. The van der Waals surface area contributed by atoms with Crippen molar-refractivity contribution >= 4 is 29.9 Å². The van der Waals surface area contributed by atoms with E-state index in [4.69, 9.17) is 5.73 Å². The van der Waals surface area contributed by atoms with E-state index in [1.807, 2.05) is 0 Å². The Morgan fingerprint density at radius 1 is 1.47 bits per heavy atom. The molecule has 1 aliphatic heterocycles. The highest BCUT2D eigenvalue weighted by Gasteiger charge is 2.16. The number of nitrogens with one attached hydrogen (secondary N) is 1. The van der Waals surface area contributed by atoms with Crippen LogP contribution in [0.25, 0.3) is 0 Å². The van der Waals surface area contributed by atoms with Crippen LogP contribution < -0.4 is 11.1 Å². The minimum absolute atomic E-state index is 0. The first-order valence-electron chi connectivity index (χ1n) is 6.52. The quantitative estimate of drug-likeness (QED) is 0.450. The zero-order valence-corrected chi connectivity index (χ0v) is 13.4. The summed E-state index contributed by atoms with van der Waals surface area (Å²) in [7, 11) is 0. The van der Waals surface area contributed by atoms with Gasteiger partial charge in [0.05, 0.1) is 0 Å². The van der Waals surface area contributed by atoms with E-state index in [9.17, 15) is 0 Å². The lowest BCUT2D eigenvalue weighted by atomic mass is 10.0. The molecule has 0 aromatic carbocycles. The molecule has 0 saturated carbocycles. The van der Waals surface area contributed by atoms with Gasteiger partial charge in [-0.3, -0.25) is 9.89 Å². The van der Waals surface area contributed by atoms with Crippen molar-refractivity contribution in [1.82, 2.24) is 10.2 Å². The van der Waals surface area contributed by atoms with Gasteiger partial charge in [-0.15, -0.1) is 24.0 Å². The van der Waals surface area contributed by atoms with Gasteiger partial charge in [-0.1, -0.05) is 13.3 Å². The van der Waals surface area contributed by atoms with Gasteiger partial charge in [0.15, 0.2) is 5.96 Å². The Bertz CT molecular complexity index is 221. The van der Waals surface area contributed by atoms with E-state index in [0.29, 0.717) is 5.96 Å². The number of aliphatic imine (C=N–C) groups is 1. The van der Waals surface area contributed by atoms with Gasteiger partial charge in [0.25, 0.3) is 0 Å². The average molecular weight is 354 g/mol. The molecule has 0 aromatic heterocycles. The molecule has 1 atom stereocenters. The molecule has 4 nitrogen and oxygen atoms in total. The highest BCUT2D eigenvalue weighted by Crippen LogP contribution is 2.15. The summed E-state index contributed by atoms with van der Waals surface area (Å²) in [5.74, 6) is 0.589. The van der Waals surface area contributed by atoms with Crippen LogP contribution in [0.5, 0.6) is 0 Å². The molecule has 0 aliphatic carbocycles. The predicted octanol–water partition coefficient (Wildman–Crippen LogP) is 1.79. The third-order valence-corrected chi connectivity index (χ3v) is 3.15. The number of likely N-dealkylation sites (tertiary alicyclic amines) is 1. The topological polar surface area (TPSA) is 53.6 Å². The summed E-state index contributed by atoms with van der Waals surface area (Å²) in [6.45, 7) is 8.45. The smallest absolute Gasteiger partial charge is 0.188 e. The Hall–Kier alpha value is -0.0400. The van der Waals surface area contributed by atoms with Crippen LogP contribution in [0.15, 0.2) is 4.99 Å². The number of hydrogen-bond acceptors (Lipinski definition) is 2. The van der Waals surface area contributed by atoms with Gasteiger partial charge in [0.2, 0.25) is 0 Å². The third kappa shape index (κ3) is 7.08. The van der Waals surface area contributed by atoms with E-state index in [-0.39, 0.29) is 24.0 Å². The van der Waals surface area contributed by atoms with E-state index >= 15 is 0 Å². The van der Waals surface area contributed by atoms with E-state index in [0.717, 1.165) is 32.1 Å². The van der Waals surface area contributed by atoms with Gasteiger partial charge in [-0.05, 0) is 32.7 Å². The minimum Gasteiger partial charge on any atom is -0.370 e. The first-order chi connectivity index (χ1) is 7.74. The highest BCUT2D eigenvalue weighted by atomic mass is 127. The van der Waals surface area contributed by atoms with Crippen molar-refractivity contribution in [1.29, 1.82) is 0 Å². The van der Waals surface area contributed by atoms with E-state index in [1.165, 1.54) is 25.8 Å². The average Bonchev–Trinajstić information content (AvgIpc) is 2.29. The summed E-state index contributed by atoms with van der Waals surface area (Å²) in [6.07, 6.45) is 5.10. The number of piperidine rings is 1. The van der Waals surface area contributed by atoms with Gasteiger partial charge >= 0.3 is 0 Å². The summed E-state index contributed by atoms with van der Waals surface area (Å²) in [4.78, 5) is 6.74. The molecule has 0 spiro atoms. The van der Waals surface area contributed by atoms with Crippen molar-refractivity contribution in [2.45, 2.75) is 45.6 Å². The lowest BCUT2D eigenvalue weighted by Crippen LogP contribution is -2.43. The molecule has 1 fully saturated rings. The number of rotatable bonds is 5. The predicted molar refractivity (Wildman–Crippen MR) is 85.1 cm³/mol. The van der Waals surface area contributed by atoms with E-state index in [2.05, 4.69) is 29.1 Å². The second-order valence-corrected chi connectivity index (χ2v) is 4.57. The second-order valence-electron chi connectivity index (χ2n) is 4.57. The van der Waals surface area contributed by atoms with Crippen LogP contribution in [0.2, 0.25) is 0 Å². The third-order valence-electron chi connectivity index (χ3n) is 3.15. The first-order valence-corrected chi connectivity index (χ1v) is 6.52. The molecule has 0 bridgehead atoms. The van der Waals surface area contributed by atoms with Crippen molar-refractivity contribution < 1.29 is 0 Å². The molecule has 1 unspecified atom stereocenters. The van der Waals surface area contributed by atoms with E-state index in [1.54, 1.807) is 0 Å². The zero-order chi connectivity index (χ0) is 11.8. The fourth-order valence-electron chi connectivity index (χ4n) is 2.11. The van der Waals surface area contributed by atoms with Crippen LogP contribution in [-0.4, -0.2) is 43.1 Å². The van der Waals surface area contributed by atoms with Crippen molar-refractivity contribution in [2.75, 3.05) is 26.2 Å². The lowest BCUT2D eigenvalue weighted by molar-refractivity contribution is 0.164. The van der Waals surface area contributed by atoms with Crippen molar-refractivity contribution in [3.63, 3.8) is 0 Å². The number of guanidine groups is 1. The maximum atomic E-state index is 5.73. The van der Waals surface area contributed by atoms with Gasteiger partial charge in [0, 0.05) is 25.7 Å². The van der Waals surface area contributed by atoms with Gasteiger partial charge < -0.3 is 11.1 Å². The Morgan fingerprint density at radius 3 is 2.88 bits per heavy atom. The molecule has 5 heteroatoms. The lowest BCUT2D eigenvalue weighted by Gasteiger charge is -2.33. The number of nitrogens with two attached hydrogens (primary N) is 1. The van der Waals surface area contributed by atoms with E-state index < -0.39 is 0 Å². The Morgan fingerprint density at radius 2 is 2.24 bits per heavy atom. The SMILES string of the molecule is CCCN=C(N)NCCN1CCCCC1C.I. The summed E-state index contributed by atoms with van der Waals surface area (Å²) < 4.78 is 0. The van der Waals surface area contributed by atoms with Crippen LogP contribution in [0.3, 0.4) is 0 Å². The number of hydrogen-bond donors (Lipinski definition) is 2. The standard InChI is InChI=1S/C12H26N4.HI/c1-3-7-14-12(13)15-8-10-16-9-5-4-6-11(16)2;/h11H,3-10H2,1-2H3,(H3,13,14,15);1H. The zero-order valence-electron chi connectivity index (χ0n) is 11.1. The van der Waals surface area contributed by atoms with Crippen molar-refractivity contribution in [2.24, 2.45) is 10.7 Å². The maximum Gasteiger partial charge on any atom is 0.188 e. The molecule has 1 saturated heterocycles. The minimum atomic E-state index is 0. The molecular weight excluding hydrogens is 327 g/mol. The number of nitrogens with zero attached hydrogens (tertiary/aromatic N) is 2. The Kier molecular flexibility index (Phi) is 9.91.